The van der Waals surface area contributed by atoms with E-state index in [4.69, 9.17) is 16.2 Å². The highest BCUT2D eigenvalue weighted by atomic mass is 79.9. The Morgan fingerprint density at radius 2 is 1.97 bits per heavy atom. The fraction of sp³-hybridized carbons (Fsp3) is 0.261. The molecule has 3 heterocycles. The van der Waals surface area contributed by atoms with E-state index in [-0.39, 0.29) is 18.4 Å². The fourth-order valence-electron chi connectivity index (χ4n) is 5.19. The lowest BCUT2D eigenvalue weighted by atomic mass is 9.73. The van der Waals surface area contributed by atoms with Crippen LogP contribution in [0.15, 0.2) is 59.5 Å². The Kier molecular flexibility index (Phi) is 4.42. The first-order valence-corrected chi connectivity index (χ1v) is 11.3. The third kappa shape index (κ3) is 2.81. The Hall–Kier alpha value is -3.21. The Bertz CT molecular complexity index is 1440. The summed E-state index contributed by atoms with van der Waals surface area (Å²) in [6.07, 6.45) is 5.16. The molecule has 6 rings (SSSR count). The Morgan fingerprint density at radius 1 is 1.12 bits per heavy atom. The molecule has 0 saturated heterocycles. The number of hydrogen-bond acceptors (Lipinski definition) is 8. The summed E-state index contributed by atoms with van der Waals surface area (Å²) in [6, 6.07) is 9.32. The second kappa shape index (κ2) is 7.14. The number of nitrogens with two attached hydrogens (primary N) is 2. The van der Waals surface area contributed by atoms with Gasteiger partial charge in [-0.1, -0.05) is 12.2 Å². The average Bonchev–Trinajstić information content (AvgIpc) is 3.26. The van der Waals surface area contributed by atoms with Crippen LogP contribution in [0.25, 0.3) is 21.9 Å². The van der Waals surface area contributed by atoms with E-state index in [1.807, 2.05) is 53.2 Å². The Morgan fingerprint density at radius 3 is 2.76 bits per heavy atom. The normalized spacial score (nSPS) is 28.2. The first kappa shape index (κ1) is 20.4. The molecule has 33 heavy (non-hydrogen) atoms. The number of nitrogens with zero attached hydrogens (tertiary/aromatic N) is 4. The van der Waals surface area contributed by atoms with Gasteiger partial charge in [-0.15, -0.1) is 0 Å². The molecule has 9 nitrogen and oxygen atoms in total. The largest absolute Gasteiger partial charge is 0.493 e. The van der Waals surface area contributed by atoms with Crippen LogP contribution in [0.5, 0.6) is 5.75 Å². The molecule has 1 saturated carbocycles. The van der Waals surface area contributed by atoms with Crippen molar-refractivity contribution >= 4 is 49.5 Å². The molecule has 1 aromatic carbocycles. The number of nitrogen functional groups attached to an aromatic ring is 2. The van der Waals surface area contributed by atoms with E-state index in [2.05, 4.69) is 30.9 Å². The second-order valence-electron chi connectivity index (χ2n) is 8.57. The van der Waals surface area contributed by atoms with Crippen molar-refractivity contribution in [3.8, 4) is 5.75 Å². The maximum atomic E-state index is 11.1. The third-order valence-corrected chi connectivity index (χ3v) is 7.58. The van der Waals surface area contributed by atoms with Crippen LogP contribution in [0, 0.1) is 11.8 Å². The fourth-order valence-corrected chi connectivity index (χ4v) is 5.53. The summed E-state index contributed by atoms with van der Waals surface area (Å²) in [5.74, 6) is 0.938. The molecule has 4 aromatic rings. The van der Waals surface area contributed by atoms with Gasteiger partial charge in [-0.3, -0.25) is 0 Å². The van der Waals surface area contributed by atoms with Crippen LogP contribution in [0.3, 0.4) is 0 Å². The highest BCUT2D eigenvalue weighted by Crippen LogP contribution is 2.54. The van der Waals surface area contributed by atoms with Crippen molar-refractivity contribution in [2.75, 3.05) is 18.1 Å². The number of rotatable bonds is 4. The predicted octanol–water partition coefficient (Wildman–Crippen LogP) is 2.22. The van der Waals surface area contributed by atoms with E-state index in [0.717, 1.165) is 9.86 Å². The average molecular weight is 509 g/mol. The number of hydrogen-bond donors (Lipinski definition) is 4. The Labute approximate surface area is 196 Å². The van der Waals surface area contributed by atoms with E-state index >= 15 is 0 Å². The summed E-state index contributed by atoms with van der Waals surface area (Å²) >= 11 is 3.39. The van der Waals surface area contributed by atoms with Crippen LogP contribution < -0.4 is 16.2 Å². The number of fused-ring (bicyclic) bond motifs is 3. The van der Waals surface area contributed by atoms with Crippen LogP contribution in [0.1, 0.15) is 0 Å². The summed E-state index contributed by atoms with van der Waals surface area (Å²) < 4.78 is 8.68. The number of benzene rings is 1. The zero-order valence-electron chi connectivity index (χ0n) is 17.3. The molecular weight excluding hydrogens is 488 g/mol. The van der Waals surface area contributed by atoms with Crippen molar-refractivity contribution in [1.29, 1.82) is 0 Å². The molecule has 0 amide bonds. The molecule has 0 bridgehead atoms. The summed E-state index contributed by atoms with van der Waals surface area (Å²) in [5.41, 5.74) is 12.4. The van der Waals surface area contributed by atoms with Gasteiger partial charge in [0.05, 0.1) is 33.6 Å². The Balaban J connectivity index is 1.29. The molecule has 5 atom stereocenters. The number of aromatic nitrogens is 4. The summed E-state index contributed by atoms with van der Waals surface area (Å²) in [4.78, 5) is 12.8. The van der Waals surface area contributed by atoms with Crippen LogP contribution in [0.2, 0.25) is 0 Å². The minimum atomic E-state index is -1.02. The van der Waals surface area contributed by atoms with E-state index in [1.54, 1.807) is 0 Å². The second-order valence-corrected chi connectivity index (χ2v) is 9.43. The van der Waals surface area contributed by atoms with Gasteiger partial charge in [0, 0.05) is 29.5 Å². The lowest BCUT2D eigenvalue weighted by Crippen LogP contribution is -2.50. The third-order valence-electron chi connectivity index (χ3n) is 6.94. The number of aliphatic hydroxyl groups is 2. The zero-order valence-corrected chi connectivity index (χ0v) is 18.9. The number of anilines is 2. The monoisotopic (exact) mass is 508 g/mol. The van der Waals surface area contributed by atoms with E-state index in [1.165, 1.54) is 6.33 Å². The first-order chi connectivity index (χ1) is 15.9. The van der Waals surface area contributed by atoms with Gasteiger partial charge in [-0.2, -0.15) is 0 Å². The molecule has 3 aromatic heterocycles. The van der Waals surface area contributed by atoms with Crippen molar-refractivity contribution in [3.05, 3.63) is 59.5 Å². The summed E-state index contributed by atoms with van der Waals surface area (Å²) in [7, 11) is 0. The summed E-state index contributed by atoms with van der Waals surface area (Å²) in [6.45, 7) is 0.225. The van der Waals surface area contributed by atoms with Gasteiger partial charge in [-0.25, -0.2) is 15.0 Å². The maximum absolute atomic E-state index is 11.1. The van der Waals surface area contributed by atoms with Crippen LogP contribution in [0.4, 0.5) is 11.6 Å². The molecule has 2 aliphatic carbocycles. The zero-order chi connectivity index (χ0) is 22.9. The van der Waals surface area contributed by atoms with Gasteiger partial charge in [0.1, 0.15) is 35.5 Å². The van der Waals surface area contributed by atoms with Crippen molar-refractivity contribution in [2.45, 2.75) is 17.7 Å². The van der Waals surface area contributed by atoms with Crippen molar-refractivity contribution < 1.29 is 14.9 Å². The van der Waals surface area contributed by atoms with Gasteiger partial charge < -0.3 is 31.0 Å². The van der Waals surface area contributed by atoms with Gasteiger partial charge in [-0.05, 0) is 40.2 Å². The van der Waals surface area contributed by atoms with Crippen LogP contribution in [-0.2, 0) is 5.54 Å². The lowest BCUT2D eigenvalue weighted by molar-refractivity contribution is -0.0164. The molecule has 0 unspecified atom stereocenters. The van der Waals surface area contributed by atoms with E-state index in [9.17, 15) is 10.2 Å². The predicted molar refractivity (Wildman–Crippen MR) is 127 cm³/mol. The standard InChI is InChI=1S/C23H21BrN6O3/c24-16-7-11-1-2-12(8-17(11)29-21(16)26)33-9-14-15-3-5-23(15,19(32)18(14)31)30-6-4-13-20(25)27-10-28-22(13)30/h1-8,10,14-15,18-19,31-32H,9H2,(H2,26,29)(H2,25,27,28)/t14-,15-,18+,19+,23+/m0/s1. The van der Waals surface area contributed by atoms with Crippen LogP contribution in [-0.4, -0.2) is 48.5 Å². The maximum Gasteiger partial charge on any atom is 0.146 e. The molecule has 0 spiro atoms. The smallest absolute Gasteiger partial charge is 0.146 e. The quantitative estimate of drug-likeness (QED) is 0.307. The highest BCUT2D eigenvalue weighted by Gasteiger charge is 2.63. The van der Waals surface area contributed by atoms with Crippen molar-refractivity contribution in [3.63, 3.8) is 0 Å². The molecule has 168 valence electrons. The van der Waals surface area contributed by atoms with Gasteiger partial charge in [0.25, 0.3) is 0 Å². The van der Waals surface area contributed by atoms with Crippen LogP contribution >= 0.6 is 15.9 Å². The minimum absolute atomic E-state index is 0.139. The molecule has 0 aliphatic heterocycles. The first-order valence-electron chi connectivity index (χ1n) is 10.5. The molecule has 1 fully saturated rings. The van der Waals surface area contributed by atoms with E-state index < -0.39 is 17.7 Å². The van der Waals surface area contributed by atoms with Crippen molar-refractivity contribution in [1.82, 2.24) is 19.5 Å². The molecule has 6 N–H and O–H groups in total. The van der Waals surface area contributed by atoms with Gasteiger partial charge >= 0.3 is 0 Å². The number of ether oxygens (including phenoxy) is 1. The molecule has 10 heteroatoms. The SMILES string of the molecule is Nc1nc2cc(OC[C@@H]3[C@@H](O)[C@@H](O)[C@@]4(n5ccc6c(N)ncnc65)C=C[C@@H]34)ccc2cc1Br. The topological polar surface area (TPSA) is 145 Å². The molecular formula is C23H21BrN6O3. The minimum Gasteiger partial charge on any atom is -0.493 e. The molecule has 0 radical (unpaired) electrons. The highest BCUT2D eigenvalue weighted by molar-refractivity contribution is 9.10. The van der Waals surface area contributed by atoms with Gasteiger partial charge in [0.15, 0.2) is 0 Å². The van der Waals surface area contributed by atoms with Gasteiger partial charge in [0.2, 0.25) is 0 Å². The number of pyridine rings is 1. The summed E-state index contributed by atoms with van der Waals surface area (Å²) in [5, 5.41) is 23.7. The number of allylic oxidation sites excluding steroid dienone is 1. The number of halogens is 1. The lowest BCUT2D eigenvalue weighted by Gasteiger charge is -2.43. The molecule has 2 aliphatic rings. The van der Waals surface area contributed by atoms with Crippen molar-refractivity contribution in [2.24, 2.45) is 11.8 Å². The number of aliphatic hydroxyl groups excluding tert-OH is 2. The van der Waals surface area contributed by atoms with E-state index in [0.29, 0.717) is 33.9 Å².